The van der Waals surface area contributed by atoms with E-state index in [9.17, 15) is 4.79 Å². The zero-order valence-corrected chi connectivity index (χ0v) is 11.2. The van der Waals surface area contributed by atoms with E-state index >= 15 is 0 Å². The van der Waals surface area contributed by atoms with Gasteiger partial charge in [0.15, 0.2) is 0 Å². The highest BCUT2D eigenvalue weighted by molar-refractivity contribution is 5.95. The fourth-order valence-corrected chi connectivity index (χ4v) is 2.36. The minimum Gasteiger partial charge on any atom is -0.388 e. The molecule has 1 unspecified atom stereocenters. The van der Waals surface area contributed by atoms with Crippen LogP contribution in [0.3, 0.4) is 0 Å². The molecule has 1 aliphatic heterocycles. The Morgan fingerprint density at radius 1 is 1.50 bits per heavy atom. The molecule has 1 aromatic rings. The number of carbonyl (C=O) groups excluding carboxylic acids is 1. The summed E-state index contributed by atoms with van der Waals surface area (Å²) in [5.41, 5.74) is 2.90. The predicted molar refractivity (Wildman–Crippen MR) is 72.0 cm³/mol. The highest BCUT2D eigenvalue weighted by atomic mass is 16.5. The van der Waals surface area contributed by atoms with Crippen LogP contribution in [0.2, 0.25) is 0 Å². The van der Waals surface area contributed by atoms with Gasteiger partial charge in [-0.05, 0) is 37.1 Å². The van der Waals surface area contributed by atoms with Crippen LogP contribution in [0.25, 0.3) is 0 Å². The molecule has 1 aromatic carbocycles. The molecule has 0 radical (unpaired) electrons. The third kappa shape index (κ3) is 2.48. The fourth-order valence-electron chi connectivity index (χ4n) is 2.36. The number of rotatable bonds is 3. The Hall–Kier alpha value is -1.55. The predicted octanol–water partition coefficient (Wildman–Crippen LogP) is 1.90. The molecule has 1 N–H and O–H groups in total. The van der Waals surface area contributed by atoms with Crippen molar-refractivity contribution >= 4 is 11.6 Å². The number of ether oxygens (including phenoxy) is 1. The normalized spacial score (nSPS) is 19.1. The summed E-state index contributed by atoms with van der Waals surface area (Å²) < 4.78 is 5.28. The third-order valence-corrected chi connectivity index (χ3v) is 3.51. The first kappa shape index (κ1) is 12.9. The maximum absolute atomic E-state index is 12.3. The summed E-state index contributed by atoms with van der Waals surface area (Å²) in [6, 6.07) is 5.77. The Balaban J connectivity index is 2.12. The molecule has 1 atom stereocenters. The Labute approximate surface area is 108 Å². The second-order valence-corrected chi connectivity index (χ2v) is 4.68. The number of methoxy groups -OCH3 is 1. The van der Waals surface area contributed by atoms with Crippen LogP contribution in [-0.4, -0.2) is 44.2 Å². The molecule has 0 bridgehead atoms. The number of carbonyl (C=O) groups is 1. The van der Waals surface area contributed by atoms with Crippen molar-refractivity contribution in [2.75, 3.05) is 32.6 Å². The number of likely N-dealkylation sites (tertiary alicyclic amines) is 1. The molecule has 98 valence electrons. The molecule has 0 aromatic heterocycles. The van der Waals surface area contributed by atoms with E-state index in [4.69, 9.17) is 4.74 Å². The second-order valence-electron chi connectivity index (χ2n) is 4.68. The van der Waals surface area contributed by atoms with Crippen LogP contribution >= 0.6 is 0 Å². The van der Waals surface area contributed by atoms with Crippen molar-refractivity contribution in [2.24, 2.45) is 0 Å². The van der Waals surface area contributed by atoms with Gasteiger partial charge in [0.1, 0.15) is 0 Å². The van der Waals surface area contributed by atoms with Crippen LogP contribution in [0.4, 0.5) is 5.69 Å². The number of hydrogen-bond acceptors (Lipinski definition) is 3. The minimum absolute atomic E-state index is 0.0975. The number of anilines is 1. The van der Waals surface area contributed by atoms with Gasteiger partial charge in [-0.3, -0.25) is 4.79 Å². The van der Waals surface area contributed by atoms with E-state index < -0.39 is 0 Å². The van der Waals surface area contributed by atoms with E-state index in [1.165, 1.54) is 0 Å². The topological polar surface area (TPSA) is 41.6 Å². The van der Waals surface area contributed by atoms with Crippen molar-refractivity contribution in [3.63, 3.8) is 0 Å². The summed E-state index contributed by atoms with van der Waals surface area (Å²) in [6.07, 6.45) is 1.11. The van der Waals surface area contributed by atoms with Gasteiger partial charge < -0.3 is 15.0 Å². The Kier molecular flexibility index (Phi) is 3.87. The first-order valence-corrected chi connectivity index (χ1v) is 6.26. The van der Waals surface area contributed by atoms with Crippen molar-refractivity contribution in [3.05, 3.63) is 29.3 Å². The second kappa shape index (κ2) is 5.40. The molecule has 1 fully saturated rings. The van der Waals surface area contributed by atoms with E-state index in [1.807, 2.05) is 37.1 Å². The van der Waals surface area contributed by atoms with Gasteiger partial charge in [0, 0.05) is 38.5 Å². The third-order valence-electron chi connectivity index (χ3n) is 3.51. The average Bonchev–Trinajstić information content (AvgIpc) is 2.86. The lowest BCUT2D eigenvalue weighted by atomic mass is 10.1. The number of nitrogens with zero attached hydrogens (tertiary/aromatic N) is 1. The maximum atomic E-state index is 12.3. The van der Waals surface area contributed by atoms with Crippen LogP contribution in [0.1, 0.15) is 22.3 Å². The standard InChI is InChI=1S/C14H20N2O2/c1-10-8-11(4-5-13(10)15-2)14(17)16-7-6-12(9-16)18-3/h4-5,8,12,15H,6-7,9H2,1-3H3. The lowest BCUT2D eigenvalue weighted by molar-refractivity contribution is 0.0724. The molecule has 0 aliphatic carbocycles. The molecule has 4 heteroatoms. The molecule has 1 aliphatic rings. The molecule has 2 rings (SSSR count). The number of hydrogen-bond donors (Lipinski definition) is 1. The number of amides is 1. The Morgan fingerprint density at radius 2 is 2.28 bits per heavy atom. The van der Waals surface area contributed by atoms with Gasteiger partial charge >= 0.3 is 0 Å². The van der Waals surface area contributed by atoms with Crippen molar-refractivity contribution in [2.45, 2.75) is 19.4 Å². The lowest BCUT2D eigenvalue weighted by Gasteiger charge is -2.17. The summed E-state index contributed by atoms with van der Waals surface area (Å²) in [4.78, 5) is 14.2. The van der Waals surface area contributed by atoms with Gasteiger partial charge in [-0.15, -0.1) is 0 Å². The molecule has 1 amide bonds. The molecule has 0 spiro atoms. The molecule has 0 saturated carbocycles. The largest absolute Gasteiger partial charge is 0.388 e. The maximum Gasteiger partial charge on any atom is 0.253 e. The van der Waals surface area contributed by atoms with E-state index in [0.29, 0.717) is 6.54 Å². The number of aryl methyl sites for hydroxylation is 1. The average molecular weight is 248 g/mol. The van der Waals surface area contributed by atoms with E-state index in [0.717, 1.165) is 29.8 Å². The zero-order valence-electron chi connectivity index (χ0n) is 11.2. The summed E-state index contributed by atoms with van der Waals surface area (Å²) in [7, 11) is 3.58. The highest BCUT2D eigenvalue weighted by Crippen LogP contribution is 2.19. The smallest absolute Gasteiger partial charge is 0.253 e. The summed E-state index contributed by atoms with van der Waals surface area (Å²) in [5, 5.41) is 3.10. The minimum atomic E-state index is 0.0975. The first-order chi connectivity index (χ1) is 8.65. The molecule has 1 heterocycles. The number of benzene rings is 1. The molecular weight excluding hydrogens is 228 g/mol. The van der Waals surface area contributed by atoms with E-state index in [-0.39, 0.29) is 12.0 Å². The highest BCUT2D eigenvalue weighted by Gasteiger charge is 2.26. The molecular formula is C14H20N2O2. The van der Waals surface area contributed by atoms with E-state index in [2.05, 4.69) is 5.32 Å². The Bertz CT molecular complexity index is 445. The monoisotopic (exact) mass is 248 g/mol. The summed E-state index contributed by atoms with van der Waals surface area (Å²) in [5.74, 6) is 0.0975. The Morgan fingerprint density at radius 3 is 2.83 bits per heavy atom. The van der Waals surface area contributed by atoms with Crippen molar-refractivity contribution < 1.29 is 9.53 Å². The van der Waals surface area contributed by atoms with Gasteiger partial charge in [0.2, 0.25) is 0 Å². The first-order valence-electron chi connectivity index (χ1n) is 6.26. The van der Waals surface area contributed by atoms with Gasteiger partial charge in [-0.25, -0.2) is 0 Å². The van der Waals surface area contributed by atoms with Gasteiger partial charge in [0.25, 0.3) is 5.91 Å². The lowest BCUT2D eigenvalue weighted by Crippen LogP contribution is -2.30. The quantitative estimate of drug-likeness (QED) is 0.888. The zero-order chi connectivity index (χ0) is 13.1. The van der Waals surface area contributed by atoms with Crippen LogP contribution in [0.5, 0.6) is 0 Å². The molecule has 1 saturated heterocycles. The van der Waals surface area contributed by atoms with Crippen molar-refractivity contribution in [3.8, 4) is 0 Å². The van der Waals surface area contributed by atoms with Crippen LogP contribution < -0.4 is 5.32 Å². The van der Waals surface area contributed by atoms with Crippen LogP contribution in [0.15, 0.2) is 18.2 Å². The molecule has 18 heavy (non-hydrogen) atoms. The summed E-state index contributed by atoms with van der Waals surface area (Å²) >= 11 is 0. The van der Waals surface area contributed by atoms with Gasteiger partial charge in [0.05, 0.1) is 6.10 Å². The van der Waals surface area contributed by atoms with Crippen molar-refractivity contribution in [1.29, 1.82) is 0 Å². The van der Waals surface area contributed by atoms with Crippen molar-refractivity contribution in [1.82, 2.24) is 4.90 Å². The van der Waals surface area contributed by atoms with E-state index in [1.54, 1.807) is 7.11 Å². The van der Waals surface area contributed by atoms with Crippen LogP contribution in [0, 0.1) is 6.92 Å². The SMILES string of the molecule is CNc1ccc(C(=O)N2CCC(OC)C2)cc1C. The fraction of sp³-hybridized carbons (Fsp3) is 0.500. The van der Waals surface area contributed by atoms with Gasteiger partial charge in [-0.2, -0.15) is 0 Å². The molecule has 4 nitrogen and oxygen atoms in total. The van der Waals surface area contributed by atoms with Crippen LogP contribution in [-0.2, 0) is 4.74 Å². The summed E-state index contributed by atoms with van der Waals surface area (Å²) in [6.45, 7) is 3.48. The van der Waals surface area contributed by atoms with Gasteiger partial charge in [-0.1, -0.05) is 0 Å². The number of nitrogens with one attached hydrogen (secondary N) is 1.